The summed E-state index contributed by atoms with van der Waals surface area (Å²) in [6.45, 7) is 5.91. The van der Waals surface area contributed by atoms with Gasteiger partial charge in [-0.25, -0.2) is 4.98 Å². The third-order valence-electron chi connectivity index (χ3n) is 2.03. The van der Waals surface area contributed by atoms with E-state index in [1.165, 1.54) is 0 Å². The van der Waals surface area contributed by atoms with Gasteiger partial charge in [0.1, 0.15) is 5.82 Å². The first-order valence-electron chi connectivity index (χ1n) is 4.41. The number of hydrogen-bond donors (Lipinski definition) is 2. The number of nitrogens with zero attached hydrogens (tertiary/aromatic N) is 2. The Hall–Kier alpha value is -1.16. The van der Waals surface area contributed by atoms with Crippen LogP contribution in [-0.2, 0) is 0 Å². The van der Waals surface area contributed by atoms with Gasteiger partial charge in [0.2, 0.25) is 0 Å². The normalized spacial score (nSPS) is 15.1. The van der Waals surface area contributed by atoms with E-state index in [1.807, 2.05) is 20.8 Å². The van der Waals surface area contributed by atoms with Crippen LogP contribution in [0.5, 0.6) is 0 Å². The molecule has 4 nitrogen and oxygen atoms in total. The van der Waals surface area contributed by atoms with Crippen molar-refractivity contribution in [3.05, 3.63) is 18.1 Å². The topological polar surface area (TPSA) is 63.8 Å². The Kier molecular flexibility index (Phi) is 3.19. The minimum absolute atomic E-state index is 0.0985. The van der Waals surface area contributed by atoms with Crippen molar-refractivity contribution in [1.29, 1.82) is 0 Å². The number of aryl methyl sites for hydroxylation is 1. The van der Waals surface area contributed by atoms with Crippen LogP contribution in [0.2, 0.25) is 0 Å². The molecule has 2 unspecified atom stereocenters. The fourth-order valence-electron chi connectivity index (χ4n) is 0.896. The average molecular weight is 180 g/mol. The summed E-state index contributed by atoms with van der Waals surface area (Å²) in [5.41, 5.74) is 6.62. The zero-order valence-electron chi connectivity index (χ0n) is 8.28. The number of aromatic nitrogens is 2. The molecular weight excluding hydrogens is 164 g/mol. The predicted octanol–water partition coefficient (Wildman–Crippen LogP) is 0.933. The summed E-state index contributed by atoms with van der Waals surface area (Å²) >= 11 is 0. The summed E-state index contributed by atoms with van der Waals surface area (Å²) in [5, 5.41) is 3.21. The van der Waals surface area contributed by atoms with Crippen LogP contribution in [0.25, 0.3) is 0 Å². The lowest BCUT2D eigenvalue weighted by atomic mass is 10.2. The zero-order valence-corrected chi connectivity index (χ0v) is 8.28. The zero-order chi connectivity index (χ0) is 9.84. The monoisotopic (exact) mass is 180 g/mol. The first-order valence-corrected chi connectivity index (χ1v) is 4.41. The molecule has 0 saturated carbocycles. The van der Waals surface area contributed by atoms with E-state index < -0.39 is 0 Å². The van der Waals surface area contributed by atoms with E-state index in [9.17, 15) is 0 Å². The van der Waals surface area contributed by atoms with Crippen LogP contribution >= 0.6 is 0 Å². The maximum absolute atomic E-state index is 5.72. The van der Waals surface area contributed by atoms with Crippen LogP contribution in [0.15, 0.2) is 12.4 Å². The molecule has 0 amide bonds. The molecule has 4 heteroatoms. The van der Waals surface area contributed by atoms with Gasteiger partial charge >= 0.3 is 0 Å². The lowest BCUT2D eigenvalue weighted by molar-refractivity contribution is 0.635. The SMILES string of the molecule is Cc1nccnc1NC(C)C(C)N. The second-order valence-corrected chi connectivity index (χ2v) is 3.28. The number of anilines is 1. The standard InChI is InChI=1S/C9H16N4/c1-6(10)7(2)13-9-8(3)11-4-5-12-9/h4-7H,10H2,1-3H3,(H,12,13). The third kappa shape index (κ3) is 2.66. The van der Waals surface area contributed by atoms with Gasteiger partial charge in [-0.3, -0.25) is 4.98 Å². The van der Waals surface area contributed by atoms with Crippen molar-refractivity contribution < 1.29 is 0 Å². The average Bonchev–Trinajstić information content (AvgIpc) is 2.08. The van der Waals surface area contributed by atoms with Crippen molar-refractivity contribution in [2.45, 2.75) is 32.9 Å². The Labute approximate surface area is 78.6 Å². The summed E-state index contributed by atoms with van der Waals surface area (Å²) in [7, 11) is 0. The van der Waals surface area contributed by atoms with Crippen molar-refractivity contribution in [3.63, 3.8) is 0 Å². The molecule has 0 aliphatic rings. The third-order valence-corrected chi connectivity index (χ3v) is 2.03. The van der Waals surface area contributed by atoms with Gasteiger partial charge in [0.25, 0.3) is 0 Å². The summed E-state index contributed by atoms with van der Waals surface area (Å²) in [4.78, 5) is 8.30. The molecule has 0 radical (unpaired) electrons. The van der Waals surface area contributed by atoms with E-state index in [2.05, 4.69) is 15.3 Å². The van der Waals surface area contributed by atoms with Crippen molar-refractivity contribution >= 4 is 5.82 Å². The highest BCUT2D eigenvalue weighted by Crippen LogP contribution is 2.08. The van der Waals surface area contributed by atoms with Crippen molar-refractivity contribution in [3.8, 4) is 0 Å². The minimum atomic E-state index is 0.0985. The molecule has 0 aromatic carbocycles. The lowest BCUT2D eigenvalue weighted by Gasteiger charge is -2.18. The number of hydrogen-bond acceptors (Lipinski definition) is 4. The van der Waals surface area contributed by atoms with Crippen LogP contribution in [0.3, 0.4) is 0 Å². The quantitative estimate of drug-likeness (QED) is 0.726. The summed E-state index contributed by atoms with van der Waals surface area (Å²) in [5.74, 6) is 0.812. The summed E-state index contributed by atoms with van der Waals surface area (Å²) in [6, 6.07) is 0.303. The van der Waals surface area contributed by atoms with E-state index >= 15 is 0 Å². The van der Waals surface area contributed by atoms with Crippen molar-refractivity contribution in [1.82, 2.24) is 9.97 Å². The van der Waals surface area contributed by atoms with Gasteiger partial charge in [-0.05, 0) is 20.8 Å². The maximum atomic E-state index is 5.72. The van der Waals surface area contributed by atoms with Gasteiger partial charge in [-0.2, -0.15) is 0 Å². The molecule has 0 fully saturated rings. The Morgan fingerprint density at radius 2 is 1.92 bits per heavy atom. The second kappa shape index (κ2) is 4.18. The van der Waals surface area contributed by atoms with Gasteiger partial charge in [0, 0.05) is 24.5 Å². The molecule has 0 spiro atoms. The molecule has 1 aromatic rings. The molecule has 1 rings (SSSR count). The number of rotatable bonds is 3. The maximum Gasteiger partial charge on any atom is 0.147 e. The fraction of sp³-hybridized carbons (Fsp3) is 0.556. The molecule has 1 heterocycles. The van der Waals surface area contributed by atoms with Crippen LogP contribution < -0.4 is 11.1 Å². The predicted molar refractivity (Wildman–Crippen MR) is 53.5 cm³/mol. The highest BCUT2D eigenvalue weighted by molar-refractivity contribution is 5.39. The second-order valence-electron chi connectivity index (χ2n) is 3.28. The molecule has 1 aromatic heterocycles. The Balaban J connectivity index is 2.69. The molecule has 3 N–H and O–H groups in total. The molecule has 2 atom stereocenters. The van der Waals surface area contributed by atoms with Gasteiger partial charge < -0.3 is 11.1 Å². The van der Waals surface area contributed by atoms with Crippen molar-refractivity contribution in [2.24, 2.45) is 5.73 Å². The van der Waals surface area contributed by atoms with Gasteiger partial charge in [0.05, 0.1) is 5.69 Å². The summed E-state index contributed by atoms with van der Waals surface area (Å²) in [6.07, 6.45) is 3.35. The van der Waals surface area contributed by atoms with E-state index in [0.717, 1.165) is 11.5 Å². The Bertz CT molecular complexity index is 272. The molecule has 13 heavy (non-hydrogen) atoms. The first kappa shape index (κ1) is 9.92. The smallest absolute Gasteiger partial charge is 0.147 e. The van der Waals surface area contributed by atoms with Gasteiger partial charge in [-0.1, -0.05) is 0 Å². The van der Waals surface area contributed by atoms with Crippen LogP contribution in [0.1, 0.15) is 19.5 Å². The number of nitrogens with two attached hydrogens (primary N) is 1. The van der Waals surface area contributed by atoms with Gasteiger partial charge in [-0.15, -0.1) is 0 Å². The molecular formula is C9H16N4. The molecule has 0 aliphatic carbocycles. The van der Waals surface area contributed by atoms with E-state index in [4.69, 9.17) is 5.73 Å². The molecule has 0 saturated heterocycles. The Morgan fingerprint density at radius 1 is 1.31 bits per heavy atom. The highest BCUT2D eigenvalue weighted by atomic mass is 15.0. The largest absolute Gasteiger partial charge is 0.365 e. The Morgan fingerprint density at radius 3 is 2.46 bits per heavy atom. The van der Waals surface area contributed by atoms with Crippen LogP contribution in [0.4, 0.5) is 5.82 Å². The lowest BCUT2D eigenvalue weighted by Crippen LogP contribution is -2.35. The van der Waals surface area contributed by atoms with Crippen LogP contribution in [0, 0.1) is 6.92 Å². The van der Waals surface area contributed by atoms with Gasteiger partial charge in [0.15, 0.2) is 0 Å². The first-order chi connectivity index (χ1) is 6.11. The molecule has 0 aliphatic heterocycles. The molecule has 0 bridgehead atoms. The van der Waals surface area contributed by atoms with E-state index in [-0.39, 0.29) is 12.1 Å². The minimum Gasteiger partial charge on any atom is -0.365 e. The fourth-order valence-corrected chi connectivity index (χ4v) is 0.896. The molecule has 72 valence electrons. The summed E-state index contributed by atoms with van der Waals surface area (Å²) < 4.78 is 0. The number of nitrogens with one attached hydrogen (secondary N) is 1. The van der Waals surface area contributed by atoms with E-state index in [1.54, 1.807) is 12.4 Å². The van der Waals surface area contributed by atoms with Crippen LogP contribution in [-0.4, -0.2) is 22.1 Å². The van der Waals surface area contributed by atoms with Crippen molar-refractivity contribution in [2.75, 3.05) is 5.32 Å². The van der Waals surface area contributed by atoms with E-state index in [0.29, 0.717) is 0 Å². The highest BCUT2D eigenvalue weighted by Gasteiger charge is 2.08.